The van der Waals surface area contributed by atoms with E-state index in [4.69, 9.17) is 22.1 Å². The van der Waals surface area contributed by atoms with E-state index < -0.39 is 0 Å². The second-order valence-electron chi connectivity index (χ2n) is 5.18. The quantitative estimate of drug-likeness (QED) is 0.924. The fourth-order valence-electron chi connectivity index (χ4n) is 2.18. The average molecular weight is 291 g/mol. The molecule has 0 amide bonds. The van der Waals surface area contributed by atoms with Crippen LogP contribution in [-0.2, 0) is 6.42 Å². The number of hydrogen-bond donors (Lipinski definition) is 1. The molecule has 0 spiro atoms. The van der Waals surface area contributed by atoms with Gasteiger partial charge in [-0.1, -0.05) is 11.6 Å². The Balaban J connectivity index is 2.26. The van der Waals surface area contributed by atoms with Crippen molar-refractivity contribution in [1.82, 2.24) is 4.98 Å². The lowest BCUT2D eigenvalue weighted by Gasteiger charge is -2.13. The molecule has 1 aromatic heterocycles. The molecule has 0 saturated heterocycles. The SMILES string of the molecule is Cc1cc(Cl)cc(C)c1Oc1cncc(CC(C)N)c1. The lowest BCUT2D eigenvalue weighted by molar-refractivity contribution is 0.471. The minimum Gasteiger partial charge on any atom is -0.455 e. The van der Waals surface area contributed by atoms with Crippen LogP contribution in [0.4, 0.5) is 0 Å². The highest BCUT2D eigenvalue weighted by Gasteiger charge is 2.08. The third kappa shape index (κ3) is 3.71. The molecule has 0 radical (unpaired) electrons. The van der Waals surface area contributed by atoms with Crippen molar-refractivity contribution in [1.29, 1.82) is 0 Å². The fourth-order valence-corrected chi connectivity index (χ4v) is 2.51. The summed E-state index contributed by atoms with van der Waals surface area (Å²) in [6.07, 6.45) is 4.30. The van der Waals surface area contributed by atoms with Crippen LogP contribution in [0.3, 0.4) is 0 Å². The van der Waals surface area contributed by atoms with Gasteiger partial charge in [0.25, 0.3) is 0 Å². The first-order valence-electron chi connectivity index (χ1n) is 6.60. The molecule has 1 heterocycles. The Morgan fingerprint density at radius 1 is 1.20 bits per heavy atom. The van der Waals surface area contributed by atoms with E-state index in [0.717, 1.165) is 39.6 Å². The molecule has 1 unspecified atom stereocenters. The molecule has 0 aliphatic heterocycles. The van der Waals surface area contributed by atoms with Crippen molar-refractivity contribution in [2.75, 3.05) is 0 Å². The number of halogens is 1. The molecule has 0 saturated carbocycles. The monoisotopic (exact) mass is 290 g/mol. The summed E-state index contributed by atoms with van der Waals surface area (Å²) in [6, 6.07) is 5.86. The van der Waals surface area contributed by atoms with Gasteiger partial charge in [0, 0.05) is 17.3 Å². The topological polar surface area (TPSA) is 48.1 Å². The molecular formula is C16H19ClN2O. The molecule has 4 heteroatoms. The standard InChI is InChI=1S/C16H19ClN2O/c1-10-4-14(17)5-11(2)16(10)20-15-7-13(6-12(3)18)8-19-9-15/h4-5,7-9,12H,6,18H2,1-3H3. The molecule has 1 atom stereocenters. The van der Waals surface area contributed by atoms with Crippen LogP contribution in [0, 0.1) is 13.8 Å². The van der Waals surface area contributed by atoms with Gasteiger partial charge in [0.05, 0.1) is 6.20 Å². The highest BCUT2D eigenvalue weighted by Crippen LogP contribution is 2.31. The first kappa shape index (κ1) is 14.8. The highest BCUT2D eigenvalue weighted by molar-refractivity contribution is 6.30. The van der Waals surface area contributed by atoms with Crippen LogP contribution in [0.15, 0.2) is 30.6 Å². The fraction of sp³-hybridized carbons (Fsp3) is 0.312. The summed E-state index contributed by atoms with van der Waals surface area (Å²) in [6.45, 7) is 5.93. The Hall–Kier alpha value is -1.58. The summed E-state index contributed by atoms with van der Waals surface area (Å²) < 4.78 is 5.96. The molecule has 2 N–H and O–H groups in total. The number of nitrogens with zero attached hydrogens (tertiary/aromatic N) is 1. The number of nitrogens with two attached hydrogens (primary N) is 1. The normalized spacial score (nSPS) is 12.2. The van der Waals surface area contributed by atoms with E-state index in [0.29, 0.717) is 0 Å². The largest absolute Gasteiger partial charge is 0.455 e. The van der Waals surface area contributed by atoms with Crippen molar-refractivity contribution in [2.24, 2.45) is 5.73 Å². The van der Waals surface area contributed by atoms with E-state index in [1.54, 1.807) is 6.20 Å². The second-order valence-corrected chi connectivity index (χ2v) is 5.62. The third-order valence-corrected chi connectivity index (χ3v) is 3.19. The van der Waals surface area contributed by atoms with E-state index in [2.05, 4.69) is 4.98 Å². The lowest BCUT2D eigenvalue weighted by Crippen LogP contribution is -2.17. The van der Waals surface area contributed by atoms with Crippen LogP contribution in [0.2, 0.25) is 5.02 Å². The number of ether oxygens (including phenoxy) is 1. The maximum atomic E-state index is 6.03. The van der Waals surface area contributed by atoms with Gasteiger partial charge < -0.3 is 10.5 Å². The molecule has 0 bridgehead atoms. The predicted octanol–water partition coefficient (Wildman–Crippen LogP) is 4.03. The Labute approximate surface area is 124 Å². The molecule has 106 valence electrons. The number of benzene rings is 1. The number of pyridine rings is 1. The summed E-state index contributed by atoms with van der Waals surface area (Å²) >= 11 is 6.03. The highest BCUT2D eigenvalue weighted by atomic mass is 35.5. The predicted molar refractivity (Wildman–Crippen MR) is 82.6 cm³/mol. The maximum Gasteiger partial charge on any atom is 0.146 e. The maximum absolute atomic E-state index is 6.03. The minimum absolute atomic E-state index is 0.103. The van der Waals surface area contributed by atoms with Gasteiger partial charge in [0.1, 0.15) is 11.5 Å². The zero-order valence-electron chi connectivity index (χ0n) is 12.0. The van der Waals surface area contributed by atoms with Crippen LogP contribution >= 0.6 is 11.6 Å². The van der Waals surface area contributed by atoms with Gasteiger partial charge in [0.15, 0.2) is 0 Å². The van der Waals surface area contributed by atoms with Crippen LogP contribution < -0.4 is 10.5 Å². The number of aryl methyl sites for hydroxylation is 2. The van der Waals surface area contributed by atoms with Gasteiger partial charge in [-0.25, -0.2) is 0 Å². The molecular weight excluding hydrogens is 272 g/mol. The van der Waals surface area contributed by atoms with Crippen molar-refractivity contribution in [3.63, 3.8) is 0 Å². The van der Waals surface area contributed by atoms with Crippen LogP contribution in [0.5, 0.6) is 11.5 Å². The second kappa shape index (κ2) is 6.25. The van der Waals surface area contributed by atoms with Crippen molar-refractivity contribution in [2.45, 2.75) is 33.2 Å². The van der Waals surface area contributed by atoms with Gasteiger partial charge in [-0.3, -0.25) is 4.98 Å². The Kier molecular flexibility index (Phi) is 4.63. The molecule has 3 nitrogen and oxygen atoms in total. The third-order valence-electron chi connectivity index (χ3n) is 2.97. The van der Waals surface area contributed by atoms with Gasteiger partial charge in [-0.05, 0) is 62.1 Å². The van der Waals surface area contributed by atoms with Crippen molar-refractivity contribution < 1.29 is 4.74 Å². The molecule has 0 fully saturated rings. The molecule has 0 aliphatic carbocycles. The van der Waals surface area contributed by atoms with Gasteiger partial charge in [-0.15, -0.1) is 0 Å². The number of hydrogen-bond acceptors (Lipinski definition) is 3. The van der Waals surface area contributed by atoms with Crippen molar-refractivity contribution in [3.8, 4) is 11.5 Å². The van der Waals surface area contributed by atoms with Crippen LogP contribution in [0.1, 0.15) is 23.6 Å². The number of rotatable bonds is 4. The van der Waals surface area contributed by atoms with Crippen LogP contribution in [0.25, 0.3) is 0 Å². The summed E-state index contributed by atoms with van der Waals surface area (Å²) in [5, 5.41) is 0.719. The average Bonchev–Trinajstić information content (AvgIpc) is 2.33. The van der Waals surface area contributed by atoms with Crippen molar-refractivity contribution in [3.05, 3.63) is 52.3 Å². The van der Waals surface area contributed by atoms with Crippen LogP contribution in [-0.4, -0.2) is 11.0 Å². The summed E-state index contributed by atoms with van der Waals surface area (Å²) in [7, 11) is 0. The van der Waals surface area contributed by atoms with E-state index in [9.17, 15) is 0 Å². The Bertz CT molecular complexity index is 588. The summed E-state index contributed by atoms with van der Waals surface area (Å²) in [5.74, 6) is 1.55. The first-order chi connectivity index (χ1) is 9.45. The lowest BCUT2D eigenvalue weighted by atomic mass is 10.1. The summed E-state index contributed by atoms with van der Waals surface area (Å²) in [5.41, 5.74) is 8.89. The molecule has 0 aliphatic rings. The van der Waals surface area contributed by atoms with E-state index in [-0.39, 0.29) is 6.04 Å². The van der Waals surface area contributed by atoms with Crippen molar-refractivity contribution >= 4 is 11.6 Å². The molecule has 20 heavy (non-hydrogen) atoms. The minimum atomic E-state index is 0.103. The smallest absolute Gasteiger partial charge is 0.146 e. The number of aromatic nitrogens is 1. The van der Waals surface area contributed by atoms with E-state index >= 15 is 0 Å². The van der Waals surface area contributed by atoms with Gasteiger partial charge >= 0.3 is 0 Å². The van der Waals surface area contributed by atoms with E-state index in [1.165, 1.54) is 0 Å². The molecule has 2 aromatic rings. The zero-order valence-corrected chi connectivity index (χ0v) is 12.7. The van der Waals surface area contributed by atoms with Gasteiger partial charge in [-0.2, -0.15) is 0 Å². The first-order valence-corrected chi connectivity index (χ1v) is 6.97. The Morgan fingerprint density at radius 2 is 1.85 bits per heavy atom. The summed E-state index contributed by atoms with van der Waals surface area (Å²) in [4.78, 5) is 4.20. The van der Waals surface area contributed by atoms with Gasteiger partial charge in [0.2, 0.25) is 0 Å². The molecule has 2 rings (SSSR count). The molecule has 1 aromatic carbocycles. The van der Waals surface area contributed by atoms with E-state index in [1.807, 2.05) is 45.2 Å². The zero-order chi connectivity index (χ0) is 14.7. The Morgan fingerprint density at radius 3 is 2.45 bits per heavy atom.